The molecule has 2 rings (SSSR count). The van der Waals surface area contributed by atoms with Gasteiger partial charge in [-0.2, -0.15) is 0 Å². The number of hydrogen-bond acceptors (Lipinski definition) is 1. The van der Waals surface area contributed by atoms with E-state index in [-0.39, 0.29) is 0 Å². The van der Waals surface area contributed by atoms with E-state index in [9.17, 15) is 0 Å². The molecule has 0 spiro atoms. The predicted molar refractivity (Wildman–Crippen MR) is 74.7 cm³/mol. The number of benzene rings is 2. The Kier molecular flexibility index (Phi) is 3.18. The highest BCUT2D eigenvalue weighted by molar-refractivity contribution is 6.72. The van der Waals surface area contributed by atoms with Crippen molar-refractivity contribution in [1.82, 2.24) is 0 Å². The minimum absolute atomic E-state index is 0.619. The first-order chi connectivity index (χ1) is 7.72. The maximum atomic E-state index is 6.00. The summed E-state index contributed by atoms with van der Waals surface area (Å²) in [6.07, 6.45) is 2.46. The molecule has 0 aliphatic carbocycles. The number of rotatable bonds is 3. The normalized spacial score (nSPS) is 10.6. The maximum Gasteiger partial charge on any atom is 0.172 e. The molecular weight excluding hydrogens is 193 g/mol. The lowest BCUT2D eigenvalue weighted by Gasteiger charge is -2.09. The Labute approximate surface area is 97.7 Å². The maximum absolute atomic E-state index is 6.00. The molecule has 0 saturated carbocycles. The lowest BCUT2D eigenvalue weighted by molar-refractivity contribution is 1.07. The molecule has 0 fully saturated rings. The minimum Gasteiger partial charge on any atom is -0.398 e. The molecule has 16 heavy (non-hydrogen) atoms. The second-order valence-electron chi connectivity index (χ2n) is 4.52. The van der Waals surface area contributed by atoms with Crippen LogP contribution in [-0.2, 0) is 0 Å². The van der Waals surface area contributed by atoms with Crippen molar-refractivity contribution in [3.05, 3.63) is 36.4 Å². The molecule has 2 N–H and O–H groups in total. The molecule has 2 aromatic rings. The third-order valence-electron chi connectivity index (χ3n) is 3.23. The van der Waals surface area contributed by atoms with Crippen LogP contribution in [0.2, 0.25) is 13.1 Å². The van der Waals surface area contributed by atoms with Gasteiger partial charge in [-0.05, 0) is 11.5 Å². The van der Waals surface area contributed by atoms with Crippen LogP contribution in [0.1, 0.15) is 13.3 Å². The van der Waals surface area contributed by atoms with Gasteiger partial charge in [0.2, 0.25) is 0 Å². The number of nitrogens with two attached hydrogens (primary N) is 1. The predicted octanol–water partition coefficient (Wildman–Crippen LogP) is 3.16. The Hall–Kier alpha value is -1.44. The number of nitrogen functional groups attached to an aromatic ring is 1. The summed E-state index contributed by atoms with van der Waals surface area (Å²) in [4.78, 5) is 0. The highest BCUT2D eigenvalue weighted by Crippen LogP contribution is 2.19. The van der Waals surface area contributed by atoms with E-state index in [4.69, 9.17) is 5.73 Å². The summed E-state index contributed by atoms with van der Waals surface area (Å²) in [6, 6.07) is 12.7. The van der Waals surface area contributed by atoms with Gasteiger partial charge in [-0.25, -0.2) is 0 Å². The second kappa shape index (κ2) is 4.61. The summed E-state index contributed by atoms with van der Waals surface area (Å²) in [5, 5.41) is 2.41. The van der Waals surface area contributed by atoms with E-state index < -0.39 is 0 Å². The van der Waals surface area contributed by atoms with Crippen LogP contribution in [0.3, 0.4) is 0 Å². The van der Waals surface area contributed by atoms with Gasteiger partial charge >= 0.3 is 0 Å². The third kappa shape index (κ3) is 2.06. The minimum atomic E-state index is 0.619. The average Bonchev–Trinajstić information content (AvgIpc) is 2.29. The van der Waals surface area contributed by atoms with Crippen LogP contribution in [0.25, 0.3) is 10.8 Å². The zero-order chi connectivity index (χ0) is 11.5. The highest BCUT2D eigenvalue weighted by Gasteiger charge is 2.09. The van der Waals surface area contributed by atoms with Crippen molar-refractivity contribution in [2.24, 2.45) is 0 Å². The Balaban J connectivity index is 2.46. The van der Waals surface area contributed by atoms with E-state index in [1.807, 2.05) is 12.1 Å². The molecule has 0 saturated heterocycles. The van der Waals surface area contributed by atoms with Crippen LogP contribution in [0.5, 0.6) is 0 Å². The van der Waals surface area contributed by atoms with Crippen LogP contribution >= 0.6 is 0 Å². The van der Waals surface area contributed by atoms with Crippen molar-refractivity contribution in [3.8, 4) is 0 Å². The van der Waals surface area contributed by atoms with Gasteiger partial charge in [0.15, 0.2) is 6.71 Å². The van der Waals surface area contributed by atoms with E-state index in [0.29, 0.717) is 6.71 Å². The first-order valence-corrected chi connectivity index (χ1v) is 6.00. The van der Waals surface area contributed by atoms with Gasteiger partial charge < -0.3 is 5.73 Å². The van der Waals surface area contributed by atoms with E-state index in [2.05, 4.69) is 38.0 Å². The smallest absolute Gasteiger partial charge is 0.172 e. The van der Waals surface area contributed by atoms with Crippen LogP contribution in [0.15, 0.2) is 36.4 Å². The average molecular weight is 211 g/mol. The standard InChI is InChI=1S/C14H18BN/c1-3-9-15(2)12-8-7-11-5-4-6-14(16)13(11)10-12/h4-8,10H,3,9,16H2,1-2H3. The van der Waals surface area contributed by atoms with Crippen LogP contribution in [0, 0.1) is 0 Å². The zero-order valence-corrected chi connectivity index (χ0v) is 10.0. The van der Waals surface area contributed by atoms with Crippen LogP contribution in [0.4, 0.5) is 5.69 Å². The fraction of sp³-hybridized carbons (Fsp3) is 0.286. The number of fused-ring (bicyclic) bond motifs is 1. The Bertz CT molecular complexity index is 493. The molecule has 2 heteroatoms. The summed E-state index contributed by atoms with van der Waals surface area (Å²) in [5.74, 6) is 0. The summed E-state index contributed by atoms with van der Waals surface area (Å²) in [6.45, 7) is 5.13. The van der Waals surface area contributed by atoms with Crippen molar-refractivity contribution in [2.45, 2.75) is 26.5 Å². The SMILES string of the molecule is CCCB(C)c1ccc2cccc(N)c2c1. The molecule has 0 radical (unpaired) electrons. The first-order valence-electron chi connectivity index (χ1n) is 6.00. The molecule has 0 unspecified atom stereocenters. The van der Waals surface area contributed by atoms with E-state index in [1.54, 1.807) is 0 Å². The quantitative estimate of drug-likeness (QED) is 0.612. The van der Waals surface area contributed by atoms with E-state index in [0.717, 1.165) is 5.69 Å². The Morgan fingerprint density at radius 1 is 1.19 bits per heavy atom. The van der Waals surface area contributed by atoms with Gasteiger partial charge in [-0.3, -0.25) is 0 Å². The van der Waals surface area contributed by atoms with Crippen LogP contribution < -0.4 is 11.2 Å². The molecular formula is C14H18BN. The van der Waals surface area contributed by atoms with Gasteiger partial charge in [0, 0.05) is 11.1 Å². The topological polar surface area (TPSA) is 26.0 Å². The third-order valence-corrected chi connectivity index (χ3v) is 3.23. The summed E-state index contributed by atoms with van der Waals surface area (Å²) in [7, 11) is 0. The summed E-state index contributed by atoms with van der Waals surface area (Å²) in [5.41, 5.74) is 8.27. The first kappa shape index (κ1) is 11.1. The van der Waals surface area contributed by atoms with Gasteiger partial charge in [0.25, 0.3) is 0 Å². The lowest BCUT2D eigenvalue weighted by atomic mass is 9.44. The van der Waals surface area contributed by atoms with E-state index >= 15 is 0 Å². The molecule has 0 aliphatic rings. The highest BCUT2D eigenvalue weighted by atomic mass is 14.5. The summed E-state index contributed by atoms with van der Waals surface area (Å²) < 4.78 is 0. The molecule has 82 valence electrons. The fourth-order valence-electron chi connectivity index (χ4n) is 2.22. The molecule has 2 aromatic carbocycles. The van der Waals surface area contributed by atoms with Crippen molar-refractivity contribution < 1.29 is 0 Å². The van der Waals surface area contributed by atoms with Gasteiger partial charge in [-0.1, -0.05) is 62.3 Å². The Morgan fingerprint density at radius 3 is 2.75 bits per heavy atom. The summed E-state index contributed by atoms with van der Waals surface area (Å²) >= 11 is 0. The lowest BCUT2D eigenvalue weighted by Crippen LogP contribution is -2.25. The van der Waals surface area contributed by atoms with Crippen molar-refractivity contribution in [2.75, 3.05) is 5.73 Å². The van der Waals surface area contributed by atoms with E-state index in [1.165, 1.54) is 29.0 Å². The molecule has 0 bridgehead atoms. The molecule has 1 nitrogen and oxygen atoms in total. The molecule has 0 aliphatic heterocycles. The van der Waals surface area contributed by atoms with Gasteiger partial charge in [-0.15, -0.1) is 0 Å². The Morgan fingerprint density at radius 2 is 2.00 bits per heavy atom. The zero-order valence-electron chi connectivity index (χ0n) is 10.0. The number of anilines is 1. The fourth-order valence-corrected chi connectivity index (χ4v) is 2.22. The largest absolute Gasteiger partial charge is 0.398 e. The van der Waals surface area contributed by atoms with Crippen molar-refractivity contribution >= 4 is 28.6 Å². The monoisotopic (exact) mass is 211 g/mol. The molecule has 0 aromatic heterocycles. The molecule has 0 amide bonds. The van der Waals surface area contributed by atoms with Gasteiger partial charge in [0.05, 0.1) is 0 Å². The van der Waals surface area contributed by atoms with Crippen molar-refractivity contribution in [3.63, 3.8) is 0 Å². The van der Waals surface area contributed by atoms with Crippen LogP contribution in [-0.4, -0.2) is 6.71 Å². The molecule has 0 heterocycles. The molecule has 0 atom stereocenters. The number of hydrogen-bond donors (Lipinski definition) is 1. The van der Waals surface area contributed by atoms with Crippen molar-refractivity contribution in [1.29, 1.82) is 0 Å². The van der Waals surface area contributed by atoms with Gasteiger partial charge in [0.1, 0.15) is 0 Å². The second-order valence-corrected chi connectivity index (χ2v) is 4.52.